The molecular weight excluding hydrogens is 336 g/mol. The number of hydrogen-bond donors (Lipinski definition) is 0. The highest BCUT2D eigenvalue weighted by molar-refractivity contribution is 6.77. The average molecular weight is 376 g/mol. The molecular formula is C18H39O4Si2. The van der Waals surface area contributed by atoms with Gasteiger partial charge in [-0.05, 0) is 44.8 Å². The molecule has 0 heterocycles. The molecule has 0 saturated heterocycles. The van der Waals surface area contributed by atoms with Gasteiger partial charge < -0.3 is 13.3 Å². The molecule has 0 N–H and O–H groups in total. The largest absolute Gasteiger partial charge is 0.518 e. The van der Waals surface area contributed by atoms with Gasteiger partial charge in [-0.3, -0.25) is 4.79 Å². The molecule has 143 valence electrons. The summed E-state index contributed by atoms with van der Waals surface area (Å²) in [6.07, 6.45) is 2.75. The van der Waals surface area contributed by atoms with E-state index >= 15 is 0 Å². The maximum Gasteiger partial charge on any atom is 0.402 e. The first kappa shape index (κ1) is 23.8. The Morgan fingerprint density at radius 3 is 1.71 bits per heavy atom. The highest BCUT2D eigenvalue weighted by Crippen LogP contribution is 2.43. The lowest BCUT2D eigenvalue weighted by Gasteiger charge is -2.41. The van der Waals surface area contributed by atoms with Crippen molar-refractivity contribution in [3.63, 3.8) is 0 Å². The van der Waals surface area contributed by atoms with Crippen LogP contribution in [0.3, 0.4) is 0 Å². The average Bonchev–Trinajstić information content (AvgIpc) is 2.58. The number of hydrogen-bond acceptors (Lipinski definition) is 4. The minimum absolute atomic E-state index is 0.115. The van der Waals surface area contributed by atoms with Crippen molar-refractivity contribution in [2.45, 2.75) is 97.3 Å². The third kappa shape index (κ3) is 5.41. The molecule has 0 aliphatic carbocycles. The van der Waals surface area contributed by atoms with Gasteiger partial charge >= 0.3 is 9.28 Å². The molecule has 1 radical (unpaired) electrons. The zero-order chi connectivity index (χ0) is 19.0. The summed E-state index contributed by atoms with van der Waals surface area (Å²) < 4.78 is 18.0. The summed E-state index contributed by atoms with van der Waals surface area (Å²) in [6.45, 7) is 20.0. The summed E-state index contributed by atoms with van der Waals surface area (Å²) in [6, 6.07) is 0. The van der Waals surface area contributed by atoms with Crippen LogP contribution in [0.25, 0.3) is 0 Å². The second kappa shape index (κ2) is 10.7. The zero-order valence-electron chi connectivity index (χ0n) is 17.3. The normalized spacial score (nSPS) is 19.4. The molecule has 0 rings (SSSR count). The van der Waals surface area contributed by atoms with Gasteiger partial charge in [0.1, 0.15) is 5.04 Å². The predicted molar refractivity (Wildman–Crippen MR) is 105 cm³/mol. The molecule has 4 nitrogen and oxygen atoms in total. The van der Waals surface area contributed by atoms with Crippen LogP contribution in [0, 0.1) is 0 Å². The van der Waals surface area contributed by atoms with Crippen LogP contribution in [0.4, 0.5) is 0 Å². The molecule has 0 aromatic carbocycles. The second-order valence-electron chi connectivity index (χ2n) is 7.03. The van der Waals surface area contributed by atoms with E-state index in [2.05, 4.69) is 34.2 Å². The Balaban J connectivity index is 5.57. The van der Waals surface area contributed by atoms with E-state index in [1.807, 2.05) is 27.7 Å². The monoisotopic (exact) mass is 375 g/mol. The third-order valence-corrected chi connectivity index (χ3v) is 13.6. The summed E-state index contributed by atoms with van der Waals surface area (Å²) in [5.74, 6) is -0.115. The van der Waals surface area contributed by atoms with E-state index in [1.54, 1.807) is 0 Å². The molecule has 0 aromatic heterocycles. The lowest BCUT2D eigenvalue weighted by atomic mass is 10.1. The van der Waals surface area contributed by atoms with Crippen molar-refractivity contribution in [1.82, 2.24) is 0 Å². The molecule has 24 heavy (non-hydrogen) atoms. The van der Waals surface area contributed by atoms with E-state index in [-0.39, 0.29) is 5.97 Å². The Kier molecular flexibility index (Phi) is 10.7. The van der Waals surface area contributed by atoms with Gasteiger partial charge in [-0.15, -0.1) is 0 Å². The van der Waals surface area contributed by atoms with Crippen molar-refractivity contribution in [2.75, 3.05) is 13.2 Å². The van der Waals surface area contributed by atoms with E-state index in [9.17, 15) is 4.79 Å². The van der Waals surface area contributed by atoms with Gasteiger partial charge in [-0.25, -0.2) is 0 Å². The fourth-order valence-corrected chi connectivity index (χ4v) is 8.28. The predicted octanol–water partition coefficient (Wildman–Crippen LogP) is 5.44. The van der Waals surface area contributed by atoms with Gasteiger partial charge in [-0.1, -0.05) is 47.5 Å². The van der Waals surface area contributed by atoms with Crippen molar-refractivity contribution in [3.05, 3.63) is 0 Å². The van der Waals surface area contributed by atoms with Gasteiger partial charge in [0.2, 0.25) is 0 Å². The summed E-state index contributed by atoms with van der Waals surface area (Å²) in [5.41, 5.74) is 0.875. The quantitative estimate of drug-likeness (QED) is 0.426. The van der Waals surface area contributed by atoms with Crippen LogP contribution >= 0.6 is 0 Å². The lowest BCUT2D eigenvalue weighted by Crippen LogP contribution is -2.50. The van der Waals surface area contributed by atoms with Crippen molar-refractivity contribution in [2.24, 2.45) is 0 Å². The first-order chi connectivity index (χ1) is 11.2. The Labute approximate surface area is 152 Å². The van der Waals surface area contributed by atoms with Crippen LogP contribution in [-0.4, -0.2) is 36.8 Å². The SMILES string of the molecule is CCO[Si](OCC)C(C)(CC)C(=O)O[Si](C)(C(C)CC)C(C)CC. The second-order valence-corrected chi connectivity index (χ2v) is 13.8. The Morgan fingerprint density at radius 2 is 1.42 bits per heavy atom. The van der Waals surface area contributed by atoms with E-state index in [0.717, 1.165) is 12.8 Å². The number of carbonyl (C=O) groups is 1. The highest BCUT2D eigenvalue weighted by Gasteiger charge is 2.51. The number of rotatable bonds is 12. The molecule has 0 aromatic rings. The van der Waals surface area contributed by atoms with Crippen molar-refractivity contribution < 1.29 is 18.1 Å². The Hall–Kier alpha value is -0.176. The van der Waals surface area contributed by atoms with Crippen LogP contribution in [0.5, 0.6) is 0 Å². The molecule has 0 aliphatic heterocycles. The molecule has 0 saturated carbocycles. The Bertz CT molecular complexity index is 362. The van der Waals surface area contributed by atoms with Crippen molar-refractivity contribution in [1.29, 1.82) is 0 Å². The fourth-order valence-electron chi connectivity index (χ4n) is 2.80. The maximum absolute atomic E-state index is 13.2. The van der Waals surface area contributed by atoms with Gasteiger partial charge in [0, 0.05) is 13.2 Å². The van der Waals surface area contributed by atoms with E-state index < -0.39 is 22.6 Å². The smallest absolute Gasteiger partial charge is 0.402 e. The first-order valence-electron chi connectivity index (χ1n) is 9.54. The zero-order valence-corrected chi connectivity index (χ0v) is 19.3. The highest BCUT2D eigenvalue weighted by atomic mass is 28.4. The minimum Gasteiger partial charge on any atom is -0.518 e. The van der Waals surface area contributed by atoms with Crippen LogP contribution in [0.1, 0.15) is 74.7 Å². The van der Waals surface area contributed by atoms with Crippen molar-refractivity contribution >= 4 is 23.6 Å². The van der Waals surface area contributed by atoms with Crippen molar-refractivity contribution in [3.8, 4) is 0 Å². The molecule has 0 aliphatic rings. The molecule has 6 heteroatoms. The van der Waals surface area contributed by atoms with Gasteiger partial charge in [0.25, 0.3) is 14.3 Å². The van der Waals surface area contributed by atoms with Crippen LogP contribution in [0.15, 0.2) is 0 Å². The lowest BCUT2D eigenvalue weighted by molar-refractivity contribution is -0.139. The van der Waals surface area contributed by atoms with Gasteiger partial charge in [0.05, 0.1) is 0 Å². The summed E-state index contributed by atoms with van der Waals surface area (Å²) in [7, 11) is -3.90. The van der Waals surface area contributed by atoms with Gasteiger partial charge in [0.15, 0.2) is 0 Å². The summed E-state index contributed by atoms with van der Waals surface area (Å²) in [5, 5.41) is -0.675. The molecule has 3 unspecified atom stereocenters. The number of carbonyl (C=O) groups excluding carboxylic acids is 1. The van der Waals surface area contributed by atoms with E-state index in [0.29, 0.717) is 30.7 Å². The fraction of sp³-hybridized carbons (Fsp3) is 0.944. The standard InChI is InChI=1S/C18H39O4Si2/c1-10-15(6)24(9,16(7)11-2)22-17(19)18(8,12-3)23(20-13-4)21-14-5/h15-16H,10-14H2,1-9H3. The minimum atomic E-state index is -2.18. The van der Waals surface area contributed by atoms with E-state index in [1.165, 1.54) is 0 Å². The molecule has 0 bridgehead atoms. The molecule has 0 fully saturated rings. The Morgan fingerprint density at radius 1 is 1.00 bits per heavy atom. The topological polar surface area (TPSA) is 44.8 Å². The first-order valence-corrected chi connectivity index (χ1v) is 13.4. The summed E-state index contributed by atoms with van der Waals surface area (Å²) >= 11 is 0. The van der Waals surface area contributed by atoms with Gasteiger partial charge in [-0.2, -0.15) is 0 Å². The molecule has 3 atom stereocenters. The maximum atomic E-state index is 13.2. The molecule has 0 amide bonds. The van der Waals surface area contributed by atoms with Crippen LogP contribution in [-0.2, 0) is 18.1 Å². The van der Waals surface area contributed by atoms with Crippen LogP contribution < -0.4 is 0 Å². The van der Waals surface area contributed by atoms with Crippen LogP contribution in [0.2, 0.25) is 22.7 Å². The summed E-state index contributed by atoms with van der Waals surface area (Å²) in [4.78, 5) is 13.2. The third-order valence-electron chi connectivity index (χ3n) is 5.65. The molecule has 0 spiro atoms. The van der Waals surface area contributed by atoms with E-state index in [4.69, 9.17) is 13.3 Å².